The number of hydrogen-bond donors (Lipinski definition) is 2. The van der Waals surface area contributed by atoms with Crippen molar-refractivity contribution in [3.8, 4) is 16.9 Å². The molecule has 2 heterocycles. The minimum atomic E-state index is -0.567. The topological polar surface area (TPSA) is 72.9 Å². The lowest BCUT2D eigenvalue weighted by Crippen LogP contribution is -2.13. The smallest absolute Gasteiger partial charge is 0.269 e. The maximum Gasteiger partial charge on any atom is 0.269 e. The molecule has 1 saturated heterocycles. The molecule has 178 valence electrons. The predicted octanol–water partition coefficient (Wildman–Crippen LogP) is 6.14. The van der Waals surface area contributed by atoms with Gasteiger partial charge in [0, 0.05) is 16.1 Å². The summed E-state index contributed by atoms with van der Waals surface area (Å²) in [5.41, 5.74) is 10.2. The van der Waals surface area contributed by atoms with E-state index in [2.05, 4.69) is 34.7 Å². The van der Waals surface area contributed by atoms with Crippen LogP contribution in [0.2, 0.25) is 10.0 Å². The molecular formula is C27H30Cl2N4O. The molecule has 2 unspecified atom stereocenters. The first-order chi connectivity index (χ1) is 16.4. The summed E-state index contributed by atoms with van der Waals surface area (Å²) in [4.78, 5) is 11.8. The van der Waals surface area contributed by atoms with Gasteiger partial charge in [-0.25, -0.2) is 4.68 Å². The zero-order chi connectivity index (χ0) is 23.8. The number of halogens is 2. The third kappa shape index (κ3) is 4.74. The first kappa shape index (κ1) is 23.4. The van der Waals surface area contributed by atoms with Crippen LogP contribution in [0.15, 0.2) is 42.5 Å². The molecule has 5 nitrogen and oxygen atoms in total. The number of nitrogens with two attached hydrogens (primary N) is 1. The van der Waals surface area contributed by atoms with Crippen molar-refractivity contribution in [1.82, 2.24) is 15.1 Å². The quantitative estimate of drug-likeness (QED) is 0.455. The number of nitrogens with zero attached hydrogens (tertiary/aromatic N) is 2. The number of aromatic nitrogens is 2. The number of nitrogens with one attached hydrogen (secondary N) is 1. The Labute approximate surface area is 210 Å². The summed E-state index contributed by atoms with van der Waals surface area (Å²) in [6.45, 7) is 4.47. The van der Waals surface area contributed by atoms with Crippen molar-refractivity contribution in [2.75, 3.05) is 13.1 Å². The van der Waals surface area contributed by atoms with Gasteiger partial charge in [-0.05, 0) is 87.2 Å². The lowest BCUT2D eigenvalue weighted by molar-refractivity contribution is 0.0994. The van der Waals surface area contributed by atoms with Crippen LogP contribution in [0.25, 0.3) is 16.9 Å². The molecule has 3 aliphatic rings. The summed E-state index contributed by atoms with van der Waals surface area (Å²) in [5, 5.41) is 8.84. The van der Waals surface area contributed by atoms with Crippen LogP contribution in [0.5, 0.6) is 0 Å². The monoisotopic (exact) mass is 496 g/mol. The molecule has 0 radical (unpaired) electrons. The fourth-order valence-corrected chi connectivity index (χ4v) is 5.82. The Hall–Kier alpha value is -2.34. The molecule has 2 saturated carbocycles. The second-order valence-corrected chi connectivity index (χ2v) is 10.5. The maximum absolute atomic E-state index is 11.8. The van der Waals surface area contributed by atoms with Gasteiger partial charge < -0.3 is 11.1 Å². The molecule has 2 aromatic carbocycles. The molecule has 1 amide bonds. The number of carbonyl (C=O) groups is 1. The summed E-state index contributed by atoms with van der Waals surface area (Å²) >= 11 is 12.4. The molecule has 2 aliphatic carbocycles. The van der Waals surface area contributed by atoms with Gasteiger partial charge in [-0.1, -0.05) is 53.9 Å². The van der Waals surface area contributed by atoms with Crippen molar-refractivity contribution < 1.29 is 4.79 Å². The van der Waals surface area contributed by atoms with Crippen LogP contribution in [0.3, 0.4) is 0 Å². The summed E-state index contributed by atoms with van der Waals surface area (Å²) in [7, 11) is 0. The van der Waals surface area contributed by atoms with Crippen LogP contribution >= 0.6 is 23.2 Å². The van der Waals surface area contributed by atoms with Gasteiger partial charge in [-0.3, -0.25) is 4.79 Å². The molecule has 6 rings (SSSR count). The molecule has 1 aliphatic heterocycles. The Morgan fingerprint density at radius 1 is 1.03 bits per heavy atom. The molecule has 0 spiro atoms. The van der Waals surface area contributed by atoms with Crippen molar-refractivity contribution >= 4 is 29.1 Å². The molecule has 2 atom stereocenters. The van der Waals surface area contributed by atoms with Crippen LogP contribution < -0.4 is 11.1 Å². The number of fused-ring (bicyclic) bond motifs is 1. The van der Waals surface area contributed by atoms with E-state index in [0.717, 1.165) is 28.7 Å². The van der Waals surface area contributed by atoms with Gasteiger partial charge in [0.05, 0.1) is 16.4 Å². The molecule has 3 N–H and O–H groups in total. The van der Waals surface area contributed by atoms with Crippen LogP contribution in [0, 0.1) is 18.8 Å². The Bertz CT molecular complexity index is 1180. The molecule has 7 heteroatoms. The first-order valence-electron chi connectivity index (χ1n) is 12.1. The van der Waals surface area contributed by atoms with Crippen molar-refractivity contribution in [2.24, 2.45) is 17.6 Å². The second-order valence-electron chi connectivity index (χ2n) is 9.70. The number of amides is 1. The summed E-state index contributed by atoms with van der Waals surface area (Å²) < 4.78 is 1.67. The van der Waals surface area contributed by atoms with E-state index in [0.29, 0.717) is 21.7 Å². The Kier molecular flexibility index (Phi) is 6.70. The van der Waals surface area contributed by atoms with Crippen molar-refractivity contribution in [3.05, 3.63) is 69.3 Å². The van der Waals surface area contributed by atoms with E-state index in [-0.39, 0.29) is 5.69 Å². The number of rotatable bonds is 4. The van der Waals surface area contributed by atoms with Crippen molar-refractivity contribution in [2.45, 2.75) is 44.9 Å². The fraction of sp³-hybridized carbons (Fsp3) is 0.407. The number of primary amides is 1. The second kappa shape index (κ2) is 9.73. The van der Waals surface area contributed by atoms with Gasteiger partial charge in [0.15, 0.2) is 5.69 Å². The van der Waals surface area contributed by atoms with E-state index in [1.54, 1.807) is 22.9 Å². The summed E-state index contributed by atoms with van der Waals surface area (Å²) in [6.07, 6.45) is 7.00. The lowest BCUT2D eigenvalue weighted by Gasteiger charge is -2.11. The van der Waals surface area contributed by atoms with Gasteiger partial charge in [-0.15, -0.1) is 0 Å². The summed E-state index contributed by atoms with van der Waals surface area (Å²) in [6, 6.07) is 13.6. The molecule has 0 bridgehead atoms. The van der Waals surface area contributed by atoms with E-state index in [9.17, 15) is 4.79 Å². The van der Waals surface area contributed by atoms with Gasteiger partial charge >= 0.3 is 0 Å². The van der Waals surface area contributed by atoms with E-state index < -0.39 is 5.91 Å². The van der Waals surface area contributed by atoms with Crippen LogP contribution in [-0.2, 0) is 0 Å². The minimum absolute atomic E-state index is 0.234. The van der Waals surface area contributed by atoms with Crippen LogP contribution in [0.4, 0.5) is 0 Å². The van der Waals surface area contributed by atoms with Crippen LogP contribution in [-0.4, -0.2) is 28.8 Å². The Balaban J connectivity index is 0.000000252. The van der Waals surface area contributed by atoms with E-state index in [1.807, 2.05) is 6.92 Å². The van der Waals surface area contributed by atoms with Gasteiger partial charge in [0.2, 0.25) is 0 Å². The largest absolute Gasteiger partial charge is 0.364 e. The van der Waals surface area contributed by atoms with Gasteiger partial charge in [0.25, 0.3) is 5.91 Å². The molecule has 3 fully saturated rings. The van der Waals surface area contributed by atoms with E-state index >= 15 is 0 Å². The zero-order valence-corrected chi connectivity index (χ0v) is 20.9. The molecular weight excluding hydrogens is 467 g/mol. The van der Waals surface area contributed by atoms with Gasteiger partial charge in [-0.2, -0.15) is 5.10 Å². The third-order valence-electron chi connectivity index (χ3n) is 7.36. The molecule has 3 aromatic rings. The van der Waals surface area contributed by atoms with Crippen molar-refractivity contribution in [1.29, 1.82) is 0 Å². The number of benzene rings is 2. The summed E-state index contributed by atoms with van der Waals surface area (Å²) in [5.74, 6) is 2.24. The average molecular weight is 497 g/mol. The van der Waals surface area contributed by atoms with Crippen LogP contribution in [0.1, 0.15) is 59.6 Å². The highest BCUT2D eigenvalue weighted by molar-refractivity contribution is 6.35. The normalized spacial score (nSPS) is 21.1. The highest BCUT2D eigenvalue weighted by atomic mass is 35.5. The fourth-order valence-electron chi connectivity index (χ4n) is 5.33. The third-order valence-corrected chi connectivity index (χ3v) is 7.89. The minimum Gasteiger partial charge on any atom is -0.364 e. The van der Waals surface area contributed by atoms with E-state index in [1.165, 1.54) is 50.8 Å². The number of carbonyl (C=O) groups excluding carboxylic acids is 1. The molecule has 1 aromatic heterocycles. The Morgan fingerprint density at radius 3 is 2.29 bits per heavy atom. The lowest BCUT2D eigenvalue weighted by atomic mass is 10.0. The zero-order valence-electron chi connectivity index (χ0n) is 19.4. The molecule has 34 heavy (non-hydrogen) atoms. The first-order valence-corrected chi connectivity index (χ1v) is 12.8. The maximum atomic E-state index is 11.8. The van der Waals surface area contributed by atoms with E-state index in [4.69, 9.17) is 28.9 Å². The highest BCUT2D eigenvalue weighted by Crippen LogP contribution is 2.41. The number of hydrogen-bond acceptors (Lipinski definition) is 3. The van der Waals surface area contributed by atoms with Crippen molar-refractivity contribution in [3.63, 3.8) is 0 Å². The van der Waals surface area contributed by atoms with Gasteiger partial charge in [0.1, 0.15) is 0 Å². The standard InChI is InChI=1S/C20H17Cl2N3O.C7H13N/c1-11-18(20(23)26)24-25(17-9-8-15(21)10-16(17)22)19(11)14-6-4-13(5-7-14)12-2-3-12;1-2-6-4-8-5-7(6)3-1/h4-10,12H,2-3H2,1H3,(H2,23,26);6-8H,1-5H2. The SMILES string of the molecule is C1CC2CNCC2C1.Cc1c(C(N)=O)nn(-c2ccc(Cl)cc2Cl)c1-c1ccc(C2CC2)cc1. The predicted molar refractivity (Wildman–Crippen MR) is 138 cm³/mol. The Morgan fingerprint density at radius 2 is 1.71 bits per heavy atom. The highest BCUT2D eigenvalue weighted by Gasteiger charge is 2.30. The average Bonchev–Trinajstić information content (AvgIpc) is 3.23.